The first kappa shape index (κ1) is 21.4. The van der Waals surface area contributed by atoms with Gasteiger partial charge in [-0.2, -0.15) is 0 Å². The number of urea groups is 1. The Morgan fingerprint density at radius 3 is 2.03 bits per heavy atom. The summed E-state index contributed by atoms with van der Waals surface area (Å²) in [5.41, 5.74) is 3.41. The molecular formula is C26H27N3O3. The second-order valence-corrected chi connectivity index (χ2v) is 7.72. The van der Waals surface area contributed by atoms with Crippen molar-refractivity contribution in [1.29, 1.82) is 0 Å². The molecule has 0 aromatic heterocycles. The normalized spacial score (nSPS) is 13.3. The Balaban J connectivity index is 1.31. The van der Waals surface area contributed by atoms with Crippen molar-refractivity contribution in [3.63, 3.8) is 0 Å². The molecule has 0 radical (unpaired) electrons. The Bertz CT molecular complexity index is 1050. The molecule has 1 N–H and O–H groups in total. The second-order valence-electron chi connectivity index (χ2n) is 7.72. The maximum atomic E-state index is 12.7. The molecule has 1 heterocycles. The average molecular weight is 430 g/mol. The first-order chi connectivity index (χ1) is 15.6. The van der Waals surface area contributed by atoms with E-state index in [1.807, 2.05) is 83.5 Å². The number of carbonyl (C=O) groups excluding carboxylic acids is 2. The van der Waals surface area contributed by atoms with E-state index in [9.17, 15) is 9.59 Å². The fourth-order valence-corrected chi connectivity index (χ4v) is 3.72. The van der Waals surface area contributed by atoms with Gasteiger partial charge in [-0.15, -0.1) is 0 Å². The van der Waals surface area contributed by atoms with Crippen LogP contribution in [-0.2, 0) is 13.1 Å². The Hall–Kier alpha value is -3.80. The number of amides is 3. The zero-order chi connectivity index (χ0) is 22.3. The standard InChI is InChI=1S/C26H27N3O3/c1-2-32-24-14-12-23(13-15-24)27-25(30)22-10-8-21(9-11-22)19-29-17-16-28(26(29)31)18-20-6-4-3-5-7-20/h3-15H,2,16-19H2,1H3,(H,27,30). The van der Waals surface area contributed by atoms with Crippen molar-refractivity contribution < 1.29 is 14.3 Å². The number of hydrogen-bond acceptors (Lipinski definition) is 3. The summed E-state index contributed by atoms with van der Waals surface area (Å²) in [7, 11) is 0. The van der Waals surface area contributed by atoms with E-state index in [4.69, 9.17) is 4.74 Å². The lowest BCUT2D eigenvalue weighted by Gasteiger charge is -2.19. The summed E-state index contributed by atoms with van der Waals surface area (Å²) in [6, 6.07) is 24.8. The molecule has 4 rings (SSSR count). The second kappa shape index (κ2) is 10.0. The molecule has 32 heavy (non-hydrogen) atoms. The molecule has 3 aromatic carbocycles. The summed E-state index contributed by atoms with van der Waals surface area (Å²) in [6.07, 6.45) is 0. The lowest BCUT2D eigenvalue weighted by atomic mass is 10.1. The molecule has 1 aliphatic rings. The zero-order valence-electron chi connectivity index (χ0n) is 18.2. The van der Waals surface area contributed by atoms with Gasteiger partial charge in [0.2, 0.25) is 0 Å². The van der Waals surface area contributed by atoms with Crippen molar-refractivity contribution in [2.24, 2.45) is 0 Å². The molecule has 3 amide bonds. The molecule has 6 nitrogen and oxygen atoms in total. The number of carbonyl (C=O) groups is 2. The lowest BCUT2D eigenvalue weighted by Crippen LogP contribution is -2.31. The first-order valence-electron chi connectivity index (χ1n) is 10.8. The molecule has 0 saturated carbocycles. The van der Waals surface area contributed by atoms with Crippen molar-refractivity contribution in [1.82, 2.24) is 9.80 Å². The monoisotopic (exact) mass is 429 g/mol. The molecule has 1 fully saturated rings. The van der Waals surface area contributed by atoms with Gasteiger partial charge in [0, 0.05) is 37.4 Å². The molecule has 3 aromatic rings. The van der Waals surface area contributed by atoms with Crippen molar-refractivity contribution >= 4 is 17.6 Å². The van der Waals surface area contributed by atoms with E-state index in [0.717, 1.165) is 23.4 Å². The SMILES string of the molecule is CCOc1ccc(NC(=O)c2ccc(CN3CCN(Cc4ccccc4)C3=O)cc2)cc1. The van der Waals surface area contributed by atoms with Crippen LogP contribution in [0.25, 0.3) is 0 Å². The van der Waals surface area contributed by atoms with Gasteiger partial charge in [-0.05, 0) is 54.4 Å². The molecule has 0 bridgehead atoms. The number of nitrogens with one attached hydrogen (secondary N) is 1. The van der Waals surface area contributed by atoms with E-state index < -0.39 is 0 Å². The summed E-state index contributed by atoms with van der Waals surface area (Å²) >= 11 is 0. The van der Waals surface area contributed by atoms with E-state index >= 15 is 0 Å². The quantitative estimate of drug-likeness (QED) is 0.561. The van der Waals surface area contributed by atoms with Gasteiger partial charge in [-0.1, -0.05) is 42.5 Å². The van der Waals surface area contributed by atoms with E-state index in [0.29, 0.717) is 37.5 Å². The Morgan fingerprint density at radius 1 is 0.844 bits per heavy atom. The van der Waals surface area contributed by atoms with Gasteiger partial charge in [0.1, 0.15) is 5.75 Å². The number of ether oxygens (including phenoxy) is 1. The fourth-order valence-electron chi connectivity index (χ4n) is 3.72. The van der Waals surface area contributed by atoms with Crippen LogP contribution in [0.4, 0.5) is 10.5 Å². The van der Waals surface area contributed by atoms with Crippen molar-refractivity contribution in [3.05, 3.63) is 95.6 Å². The predicted octanol–water partition coefficient (Wildman–Crippen LogP) is 4.78. The highest BCUT2D eigenvalue weighted by Gasteiger charge is 2.28. The molecule has 164 valence electrons. The van der Waals surface area contributed by atoms with E-state index in [2.05, 4.69) is 5.32 Å². The molecule has 1 aliphatic heterocycles. The molecule has 0 spiro atoms. The summed E-state index contributed by atoms with van der Waals surface area (Å²) < 4.78 is 5.42. The van der Waals surface area contributed by atoms with E-state index in [-0.39, 0.29) is 11.9 Å². The van der Waals surface area contributed by atoms with E-state index in [1.165, 1.54) is 0 Å². The first-order valence-corrected chi connectivity index (χ1v) is 10.8. The van der Waals surface area contributed by atoms with Crippen molar-refractivity contribution in [2.75, 3.05) is 25.0 Å². The molecule has 6 heteroatoms. The summed E-state index contributed by atoms with van der Waals surface area (Å²) in [5, 5.41) is 2.89. The number of anilines is 1. The van der Waals surface area contributed by atoms with Crippen LogP contribution in [0.15, 0.2) is 78.9 Å². The van der Waals surface area contributed by atoms with Gasteiger partial charge in [0.05, 0.1) is 6.61 Å². The van der Waals surface area contributed by atoms with Crippen LogP contribution in [0.3, 0.4) is 0 Å². The summed E-state index contributed by atoms with van der Waals surface area (Å²) in [5.74, 6) is 0.598. The maximum absolute atomic E-state index is 12.7. The van der Waals surface area contributed by atoms with Crippen LogP contribution < -0.4 is 10.1 Å². The van der Waals surface area contributed by atoms with E-state index in [1.54, 1.807) is 12.1 Å². The van der Waals surface area contributed by atoms with Gasteiger partial charge in [-0.25, -0.2) is 4.79 Å². The minimum absolute atomic E-state index is 0.0474. The van der Waals surface area contributed by atoms with Crippen LogP contribution in [0, 0.1) is 0 Å². The van der Waals surface area contributed by atoms with Crippen LogP contribution >= 0.6 is 0 Å². The summed E-state index contributed by atoms with van der Waals surface area (Å²) in [6.45, 7) is 5.11. The minimum Gasteiger partial charge on any atom is -0.494 e. The lowest BCUT2D eigenvalue weighted by molar-refractivity contribution is 0.102. The molecular weight excluding hydrogens is 402 g/mol. The Kier molecular flexibility index (Phi) is 6.70. The average Bonchev–Trinajstić information content (AvgIpc) is 3.15. The van der Waals surface area contributed by atoms with Gasteiger partial charge in [0.25, 0.3) is 5.91 Å². The van der Waals surface area contributed by atoms with Gasteiger partial charge >= 0.3 is 6.03 Å². The number of hydrogen-bond donors (Lipinski definition) is 1. The highest BCUT2D eigenvalue weighted by atomic mass is 16.5. The largest absolute Gasteiger partial charge is 0.494 e. The molecule has 0 atom stereocenters. The van der Waals surface area contributed by atoms with Crippen molar-refractivity contribution in [3.8, 4) is 5.75 Å². The smallest absolute Gasteiger partial charge is 0.320 e. The van der Waals surface area contributed by atoms with Crippen LogP contribution in [-0.4, -0.2) is 41.4 Å². The number of nitrogens with zero attached hydrogens (tertiary/aromatic N) is 2. The topological polar surface area (TPSA) is 61.9 Å². The third-order valence-corrected chi connectivity index (χ3v) is 5.41. The molecule has 0 aliphatic carbocycles. The zero-order valence-corrected chi connectivity index (χ0v) is 18.2. The van der Waals surface area contributed by atoms with Crippen LogP contribution in [0.1, 0.15) is 28.4 Å². The Morgan fingerprint density at radius 2 is 1.44 bits per heavy atom. The molecule has 0 unspecified atom stereocenters. The van der Waals surface area contributed by atoms with Crippen LogP contribution in [0.2, 0.25) is 0 Å². The molecule has 1 saturated heterocycles. The van der Waals surface area contributed by atoms with Crippen molar-refractivity contribution in [2.45, 2.75) is 20.0 Å². The third-order valence-electron chi connectivity index (χ3n) is 5.41. The Labute approximate surface area is 188 Å². The number of benzene rings is 3. The van der Waals surface area contributed by atoms with Gasteiger partial charge in [-0.3, -0.25) is 4.79 Å². The highest BCUT2D eigenvalue weighted by Crippen LogP contribution is 2.19. The summed E-state index contributed by atoms with van der Waals surface area (Å²) in [4.78, 5) is 29.0. The fraction of sp³-hybridized carbons (Fsp3) is 0.231. The van der Waals surface area contributed by atoms with Gasteiger partial charge in [0.15, 0.2) is 0 Å². The highest BCUT2D eigenvalue weighted by molar-refractivity contribution is 6.04. The maximum Gasteiger partial charge on any atom is 0.320 e. The van der Waals surface area contributed by atoms with Gasteiger partial charge < -0.3 is 19.9 Å². The predicted molar refractivity (Wildman–Crippen MR) is 125 cm³/mol. The third kappa shape index (κ3) is 5.27. The van der Waals surface area contributed by atoms with Crippen LogP contribution in [0.5, 0.6) is 5.75 Å². The minimum atomic E-state index is -0.174. The number of rotatable bonds is 8.